The minimum atomic E-state index is -0.489. The fraction of sp³-hybridized carbons (Fsp3) is 0.400. The van der Waals surface area contributed by atoms with Gasteiger partial charge in [0.05, 0.1) is 23.8 Å². The number of rotatable bonds is 7. The van der Waals surface area contributed by atoms with E-state index in [2.05, 4.69) is 20.6 Å². The second kappa shape index (κ2) is 10.9. The lowest BCUT2D eigenvalue weighted by atomic mass is 9.92. The molecular weight excluding hydrogens is 473 g/mol. The molecule has 0 aliphatic heterocycles. The molecule has 1 aromatic heterocycles. The molecule has 35 heavy (non-hydrogen) atoms. The highest BCUT2D eigenvalue weighted by molar-refractivity contribution is 6.31. The molecule has 1 aliphatic carbocycles. The van der Waals surface area contributed by atoms with Gasteiger partial charge in [-0.1, -0.05) is 11.6 Å². The van der Waals surface area contributed by atoms with E-state index in [4.69, 9.17) is 21.1 Å². The Hall–Kier alpha value is -3.33. The Bertz CT molecular complexity index is 1200. The zero-order chi connectivity index (χ0) is 24.9. The predicted octanol–water partition coefficient (Wildman–Crippen LogP) is 5.53. The highest BCUT2D eigenvalue weighted by Crippen LogP contribution is 2.37. The normalized spacial score (nSPS) is 17.6. The number of anilines is 2. The summed E-state index contributed by atoms with van der Waals surface area (Å²) >= 11 is 5.92. The number of halogens is 2. The number of carbonyl (C=O) groups excluding carboxylic acids is 1. The molecule has 2 amide bonds. The van der Waals surface area contributed by atoms with Crippen molar-refractivity contribution < 1.29 is 18.7 Å². The lowest BCUT2D eigenvalue weighted by Gasteiger charge is -2.34. The van der Waals surface area contributed by atoms with Crippen LogP contribution in [-0.4, -0.2) is 53.7 Å². The van der Waals surface area contributed by atoms with E-state index in [0.717, 1.165) is 31.1 Å². The Morgan fingerprint density at radius 3 is 2.63 bits per heavy atom. The van der Waals surface area contributed by atoms with Gasteiger partial charge >= 0.3 is 6.03 Å². The van der Waals surface area contributed by atoms with Crippen LogP contribution in [0, 0.1) is 5.82 Å². The first-order chi connectivity index (χ1) is 16.9. The minimum absolute atomic E-state index is 0.00261. The number of benzene rings is 2. The maximum Gasteiger partial charge on any atom is 0.317 e. The fourth-order valence-electron chi connectivity index (χ4n) is 4.30. The molecule has 0 radical (unpaired) electrons. The van der Waals surface area contributed by atoms with Gasteiger partial charge in [0.15, 0.2) is 11.5 Å². The second-order valence-electron chi connectivity index (χ2n) is 8.49. The first-order valence-corrected chi connectivity index (χ1v) is 12.0. The number of aromatic nitrogens is 2. The summed E-state index contributed by atoms with van der Waals surface area (Å²) in [4.78, 5) is 22.6. The largest absolute Gasteiger partial charge is 0.493 e. The van der Waals surface area contributed by atoms with Crippen molar-refractivity contribution in [3.63, 3.8) is 0 Å². The van der Waals surface area contributed by atoms with Crippen LogP contribution in [0.1, 0.15) is 32.6 Å². The number of nitrogens with one attached hydrogen (secondary N) is 2. The maximum atomic E-state index is 13.6. The van der Waals surface area contributed by atoms with Crippen molar-refractivity contribution in [1.82, 2.24) is 20.2 Å². The molecule has 2 N–H and O–H groups in total. The van der Waals surface area contributed by atoms with Gasteiger partial charge in [-0.15, -0.1) is 0 Å². The molecule has 4 rings (SSSR count). The van der Waals surface area contributed by atoms with Crippen molar-refractivity contribution in [1.29, 1.82) is 0 Å². The van der Waals surface area contributed by atoms with E-state index in [1.165, 1.54) is 18.5 Å². The Balaban J connectivity index is 1.52. The molecule has 0 saturated heterocycles. The van der Waals surface area contributed by atoms with Gasteiger partial charge in [-0.3, -0.25) is 0 Å². The lowest BCUT2D eigenvalue weighted by Crippen LogP contribution is -2.45. The number of carbonyl (C=O) groups is 1. The molecule has 8 nitrogen and oxygen atoms in total. The van der Waals surface area contributed by atoms with Gasteiger partial charge in [0, 0.05) is 36.8 Å². The van der Waals surface area contributed by atoms with E-state index in [9.17, 15) is 9.18 Å². The predicted molar refractivity (Wildman–Crippen MR) is 134 cm³/mol. The monoisotopic (exact) mass is 501 g/mol. The van der Waals surface area contributed by atoms with E-state index in [1.807, 2.05) is 26.1 Å². The SMILES string of the molecule is CCNC(=O)N(C)[C@H]1CC[C@@H](Oc2cc3c(Nc4ccc(F)c(Cl)c4)ncnc3cc2OC)CC1. The molecule has 1 fully saturated rings. The number of nitrogens with zero attached hydrogens (tertiary/aromatic N) is 3. The van der Waals surface area contributed by atoms with Gasteiger partial charge < -0.3 is 25.0 Å². The fourth-order valence-corrected chi connectivity index (χ4v) is 4.48. The standard InChI is InChI=1S/C25H29ClFN5O3/c1-4-28-25(33)32(2)16-6-8-17(9-7-16)35-23-12-18-21(13-22(23)34-3)29-14-30-24(18)31-15-5-10-20(27)19(26)11-15/h5,10-14,16-17H,4,6-9H2,1-3H3,(H,28,33)(H,29,30,31)/t16-,17+. The summed E-state index contributed by atoms with van der Waals surface area (Å²) in [5.41, 5.74) is 1.27. The number of ether oxygens (including phenoxy) is 2. The van der Waals surface area contributed by atoms with E-state index in [0.29, 0.717) is 35.1 Å². The van der Waals surface area contributed by atoms with Crippen molar-refractivity contribution in [2.24, 2.45) is 0 Å². The van der Waals surface area contributed by atoms with Crippen LogP contribution in [0.15, 0.2) is 36.7 Å². The van der Waals surface area contributed by atoms with Gasteiger partial charge in [0.2, 0.25) is 0 Å². The van der Waals surface area contributed by atoms with Crippen LogP contribution in [0.3, 0.4) is 0 Å². The maximum absolute atomic E-state index is 13.6. The molecule has 1 aliphatic rings. The van der Waals surface area contributed by atoms with Gasteiger partial charge in [-0.2, -0.15) is 0 Å². The number of hydrogen-bond acceptors (Lipinski definition) is 6. The van der Waals surface area contributed by atoms with Crippen molar-refractivity contribution in [3.8, 4) is 11.5 Å². The zero-order valence-electron chi connectivity index (χ0n) is 20.0. The highest BCUT2D eigenvalue weighted by Gasteiger charge is 2.28. The second-order valence-corrected chi connectivity index (χ2v) is 8.90. The number of fused-ring (bicyclic) bond motifs is 1. The summed E-state index contributed by atoms with van der Waals surface area (Å²) in [5.74, 6) is 1.22. The topological polar surface area (TPSA) is 88.6 Å². The molecule has 10 heteroatoms. The Labute approximate surface area is 208 Å². The van der Waals surface area contributed by atoms with Gasteiger partial charge in [0.25, 0.3) is 0 Å². The third-order valence-corrected chi connectivity index (χ3v) is 6.53. The van der Waals surface area contributed by atoms with Crippen LogP contribution in [-0.2, 0) is 0 Å². The molecule has 0 spiro atoms. The van der Waals surface area contributed by atoms with E-state index in [1.54, 1.807) is 18.1 Å². The van der Waals surface area contributed by atoms with Crippen molar-refractivity contribution in [3.05, 3.63) is 47.5 Å². The molecular formula is C25H29ClFN5O3. The van der Waals surface area contributed by atoms with E-state index < -0.39 is 5.82 Å². The molecule has 1 saturated carbocycles. The molecule has 0 unspecified atom stereocenters. The average molecular weight is 502 g/mol. The van der Waals surface area contributed by atoms with E-state index >= 15 is 0 Å². The first-order valence-electron chi connectivity index (χ1n) is 11.6. The molecule has 2 aromatic carbocycles. The van der Waals surface area contributed by atoms with Crippen molar-refractivity contribution >= 4 is 40.0 Å². The summed E-state index contributed by atoms with van der Waals surface area (Å²) in [7, 11) is 3.43. The molecule has 186 valence electrons. The summed E-state index contributed by atoms with van der Waals surface area (Å²) < 4.78 is 25.5. The van der Waals surface area contributed by atoms with Crippen LogP contribution in [0.4, 0.5) is 20.7 Å². The van der Waals surface area contributed by atoms with Crippen LogP contribution in [0.25, 0.3) is 10.9 Å². The van der Waals surface area contributed by atoms with Gasteiger partial charge in [-0.05, 0) is 56.9 Å². The molecule has 1 heterocycles. The van der Waals surface area contributed by atoms with Crippen LogP contribution < -0.4 is 20.1 Å². The van der Waals surface area contributed by atoms with Crippen LogP contribution in [0.2, 0.25) is 5.02 Å². The van der Waals surface area contributed by atoms with E-state index in [-0.39, 0.29) is 23.2 Å². The quantitative estimate of drug-likeness (QED) is 0.443. The number of methoxy groups -OCH3 is 1. The lowest BCUT2D eigenvalue weighted by molar-refractivity contribution is 0.106. The summed E-state index contributed by atoms with van der Waals surface area (Å²) in [6.45, 7) is 2.52. The number of urea groups is 1. The van der Waals surface area contributed by atoms with Crippen LogP contribution >= 0.6 is 11.6 Å². The molecule has 3 aromatic rings. The molecule has 0 atom stereocenters. The average Bonchev–Trinajstić information content (AvgIpc) is 2.86. The summed E-state index contributed by atoms with van der Waals surface area (Å²) in [6.07, 6.45) is 4.80. The Morgan fingerprint density at radius 2 is 1.94 bits per heavy atom. The van der Waals surface area contributed by atoms with Crippen molar-refractivity contribution in [2.75, 3.05) is 26.0 Å². The Morgan fingerprint density at radius 1 is 1.17 bits per heavy atom. The highest BCUT2D eigenvalue weighted by atomic mass is 35.5. The van der Waals surface area contributed by atoms with Crippen molar-refractivity contribution in [2.45, 2.75) is 44.8 Å². The third-order valence-electron chi connectivity index (χ3n) is 6.24. The summed E-state index contributed by atoms with van der Waals surface area (Å²) in [6, 6.07) is 8.19. The third kappa shape index (κ3) is 5.67. The van der Waals surface area contributed by atoms with Gasteiger partial charge in [0.1, 0.15) is 18.0 Å². The Kier molecular flexibility index (Phi) is 7.75. The smallest absolute Gasteiger partial charge is 0.317 e. The number of hydrogen-bond donors (Lipinski definition) is 2. The summed E-state index contributed by atoms with van der Waals surface area (Å²) in [5, 5.41) is 6.78. The van der Waals surface area contributed by atoms with Gasteiger partial charge in [-0.25, -0.2) is 19.2 Å². The zero-order valence-corrected chi connectivity index (χ0v) is 20.7. The number of amides is 2. The first kappa shape index (κ1) is 24.8. The minimum Gasteiger partial charge on any atom is -0.493 e. The van der Waals surface area contributed by atoms with Crippen LogP contribution in [0.5, 0.6) is 11.5 Å². The molecule has 0 bridgehead atoms.